The van der Waals surface area contributed by atoms with Gasteiger partial charge >= 0.3 is 0 Å². The summed E-state index contributed by atoms with van der Waals surface area (Å²) in [6.45, 7) is 4.26. The molecule has 2 N–H and O–H groups in total. The van der Waals surface area contributed by atoms with Gasteiger partial charge in [-0.15, -0.1) is 10.2 Å². The van der Waals surface area contributed by atoms with E-state index in [9.17, 15) is 0 Å². The van der Waals surface area contributed by atoms with Crippen molar-refractivity contribution in [2.45, 2.75) is 26.3 Å². The number of nitrogens with two attached hydrogens (primary N) is 1. The molecule has 2 rings (SSSR count). The van der Waals surface area contributed by atoms with Gasteiger partial charge in [-0.2, -0.15) is 5.10 Å². The zero-order valence-electron chi connectivity index (χ0n) is 8.71. The molecule has 6 heteroatoms. The smallest absolute Gasteiger partial charge is 0.203 e. The molecule has 80 valence electrons. The lowest BCUT2D eigenvalue weighted by Gasteiger charge is -2.07. The quantitative estimate of drug-likeness (QED) is 0.863. The molecule has 0 aromatic carbocycles. The maximum atomic E-state index is 5.52. The van der Waals surface area contributed by atoms with Gasteiger partial charge in [0.15, 0.2) is 5.01 Å². The van der Waals surface area contributed by atoms with E-state index < -0.39 is 0 Å². The van der Waals surface area contributed by atoms with Gasteiger partial charge in [0.1, 0.15) is 5.69 Å². The highest BCUT2D eigenvalue weighted by molar-refractivity contribution is 7.18. The number of hydrogen-bond donors (Lipinski definition) is 1. The van der Waals surface area contributed by atoms with Gasteiger partial charge in [0, 0.05) is 12.2 Å². The summed E-state index contributed by atoms with van der Waals surface area (Å²) in [6, 6.07) is 2.34. The predicted octanol–water partition coefficient (Wildman–Crippen LogP) is 1.95. The van der Waals surface area contributed by atoms with E-state index in [2.05, 4.69) is 29.1 Å². The monoisotopic (exact) mass is 223 g/mol. The van der Waals surface area contributed by atoms with Gasteiger partial charge in [-0.25, -0.2) is 0 Å². The largest absolute Gasteiger partial charge is 0.374 e. The summed E-state index contributed by atoms with van der Waals surface area (Å²) in [7, 11) is 0. The van der Waals surface area contributed by atoms with Crippen molar-refractivity contribution in [3.8, 4) is 10.7 Å². The Labute approximate surface area is 91.9 Å². The third-order valence-electron chi connectivity index (χ3n) is 2.31. The fourth-order valence-corrected chi connectivity index (χ4v) is 1.80. The first-order valence-corrected chi connectivity index (χ1v) is 5.67. The first-order chi connectivity index (χ1) is 7.20. The number of nitrogen functional groups attached to an aromatic ring is 1. The highest BCUT2D eigenvalue weighted by atomic mass is 32.1. The molecule has 1 atom stereocenters. The molecule has 5 nitrogen and oxygen atoms in total. The van der Waals surface area contributed by atoms with E-state index in [1.807, 2.05) is 16.9 Å². The molecule has 0 spiro atoms. The fraction of sp³-hybridized carbons (Fsp3) is 0.444. The molecular weight excluding hydrogens is 210 g/mol. The number of nitrogens with zero attached hydrogens (tertiary/aromatic N) is 4. The number of rotatable bonds is 3. The van der Waals surface area contributed by atoms with Crippen molar-refractivity contribution in [2.75, 3.05) is 5.73 Å². The van der Waals surface area contributed by atoms with Gasteiger partial charge in [0.05, 0.1) is 0 Å². The van der Waals surface area contributed by atoms with Crippen LogP contribution in [0.15, 0.2) is 12.3 Å². The first kappa shape index (κ1) is 10.1. The molecule has 2 aromatic rings. The van der Waals surface area contributed by atoms with E-state index in [4.69, 9.17) is 5.73 Å². The average molecular weight is 223 g/mol. The maximum Gasteiger partial charge on any atom is 0.203 e. The number of anilines is 1. The van der Waals surface area contributed by atoms with Crippen LogP contribution in [0.25, 0.3) is 10.7 Å². The molecular formula is C9H13N5S. The van der Waals surface area contributed by atoms with Crippen LogP contribution in [-0.2, 0) is 0 Å². The molecule has 0 bridgehead atoms. The van der Waals surface area contributed by atoms with Crippen LogP contribution in [0, 0.1) is 0 Å². The molecule has 0 aliphatic heterocycles. The minimum Gasteiger partial charge on any atom is -0.374 e. The zero-order chi connectivity index (χ0) is 10.8. The van der Waals surface area contributed by atoms with Gasteiger partial charge in [0.2, 0.25) is 5.13 Å². The second-order valence-electron chi connectivity index (χ2n) is 3.38. The molecule has 0 aliphatic rings. The Kier molecular flexibility index (Phi) is 2.68. The lowest BCUT2D eigenvalue weighted by Crippen LogP contribution is -2.03. The van der Waals surface area contributed by atoms with Crippen molar-refractivity contribution in [3.05, 3.63) is 12.3 Å². The van der Waals surface area contributed by atoms with Crippen LogP contribution in [0.2, 0.25) is 0 Å². The Morgan fingerprint density at radius 2 is 2.33 bits per heavy atom. The van der Waals surface area contributed by atoms with Crippen LogP contribution >= 0.6 is 11.3 Å². The molecule has 15 heavy (non-hydrogen) atoms. The zero-order valence-corrected chi connectivity index (χ0v) is 9.53. The van der Waals surface area contributed by atoms with Gasteiger partial charge in [-0.3, -0.25) is 4.68 Å². The van der Waals surface area contributed by atoms with Crippen molar-refractivity contribution in [3.63, 3.8) is 0 Å². The third kappa shape index (κ3) is 1.99. The summed E-state index contributed by atoms with van der Waals surface area (Å²) >= 11 is 1.35. The SMILES string of the molecule is CC[C@H](C)n1ccc(-c2nnc(N)s2)n1. The summed E-state index contributed by atoms with van der Waals surface area (Å²) < 4.78 is 1.94. The van der Waals surface area contributed by atoms with E-state index in [1.54, 1.807) is 0 Å². The minimum absolute atomic E-state index is 0.406. The van der Waals surface area contributed by atoms with Crippen LogP contribution < -0.4 is 5.73 Å². The van der Waals surface area contributed by atoms with E-state index in [1.165, 1.54) is 11.3 Å². The van der Waals surface area contributed by atoms with Crippen molar-refractivity contribution < 1.29 is 0 Å². The lowest BCUT2D eigenvalue weighted by molar-refractivity contribution is 0.479. The maximum absolute atomic E-state index is 5.52. The van der Waals surface area contributed by atoms with Crippen LogP contribution in [0.1, 0.15) is 26.3 Å². The number of aromatic nitrogens is 4. The topological polar surface area (TPSA) is 69.6 Å². The molecule has 0 amide bonds. The molecule has 0 aliphatic carbocycles. The van der Waals surface area contributed by atoms with E-state index >= 15 is 0 Å². The lowest BCUT2D eigenvalue weighted by atomic mass is 10.3. The van der Waals surface area contributed by atoms with Crippen LogP contribution in [0.4, 0.5) is 5.13 Å². The summed E-state index contributed by atoms with van der Waals surface area (Å²) in [6.07, 6.45) is 3.01. The van der Waals surface area contributed by atoms with Crippen molar-refractivity contribution in [1.29, 1.82) is 0 Å². The highest BCUT2D eigenvalue weighted by Gasteiger charge is 2.09. The summed E-state index contributed by atoms with van der Waals surface area (Å²) in [5, 5.41) is 13.4. The standard InChI is InChI=1S/C9H13N5S/c1-3-6(2)14-5-4-7(13-14)8-11-12-9(10)15-8/h4-6H,3H2,1-2H3,(H2,10,12)/t6-/m0/s1. The fourth-order valence-electron chi connectivity index (χ4n) is 1.22. The molecule has 0 unspecified atom stereocenters. The van der Waals surface area contributed by atoms with Crippen LogP contribution in [0.5, 0.6) is 0 Å². The molecule has 0 radical (unpaired) electrons. The van der Waals surface area contributed by atoms with Gasteiger partial charge in [-0.1, -0.05) is 18.3 Å². The highest BCUT2D eigenvalue weighted by Crippen LogP contribution is 2.23. The minimum atomic E-state index is 0.406. The molecule has 2 aromatic heterocycles. The Hall–Kier alpha value is -1.43. The molecule has 0 saturated carbocycles. The van der Waals surface area contributed by atoms with Crippen molar-refractivity contribution in [2.24, 2.45) is 0 Å². The van der Waals surface area contributed by atoms with Crippen molar-refractivity contribution >= 4 is 16.5 Å². The van der Waals surface area contributed by atoms with Gasteiger partial charge in [0.25, 0.3) is 0 Å². The Morgan fingerprint density at radius 1 is 1.53 bits per heavy atom. The van der Waals surface area contributed by atoms with E-state index in [0.29, 0.717) is 11.2 Å². The molecule has 0 fully saturated rings. The molecule has 0 saturated heterocycles. The average Bonchev–Trinajstić information content (AvgIpc) is 2.84. The Morgan fingerprint density at radius 3 is 2.93 bits per heavy atom. The Balaban J connectivity index is 2.27. The van der Waals surface area contributed by atoms with Crippen molar-refractivity contribution in [1.82, 2.24) is 20.0 Å². The van der Waals surface area contributed by atoms with Gasteiger partial charge < -0.3 is 5.73 Å². The first-order valence-electron chi connectivity index (χ1n) is 4.85. The van der Waals surface area contributed by atoms with E-state index in [0.717, 1.165) is 17.1 Å². The normalized spacial score (nSPS) is 12.9. The summed E-state index contributed by atoms with van der Waals surface area (Å²) in [5.74, 6) is 0. The molecule has 2 heterocycles. The van der Waals surface area contributed by atoms with E-state index in [-0.39, 0.29) is 0 Å². The summed E-state index contributed by atoms with van der Waals surface area (Å²) in [4.78, 5) is 0. The third-order valence-corrected chi connectivity index (χ3v) is 3.09. The Bertz CT molecular complexity index is 447. The van der Waals surface area contributed by atoms with Crippen LogP contribution in [0.3, 0.4) is 0 Å². The predicted molar refractivity (Wildman–Crippen MR) is 60.5 cm³/mol. The van der Waals surface area contributed by atoms with Crippen LogP contribution in [-0.4, -0.2) is 20.0 Å². The second-order valence-corrected chi connectivity index (χ2v) is 4.39. The van der Waals surface area contributed by atoms with Gasteiger partial charge in [-0.05, 0) is 19.4 Å². The second kappa shape index (κ2) is 3.98. The number of hydrogen-bond acceptors (Lipinski definition) is 5. The summed E-state index contributed by atoms with van der Waals surface area (Å²) in [5.41, 5.74) is 6.36.